The lowest BCUT2D eigenvalue weighted by Crippen LogP contribution is -2.67. The lowest BCUT2D eigenvalue weighted by Gasteiger charge is -2.46. The molecule has 1 aliphatic heterocycles. The van der Waals surface area contributed by atoms with E-state index >= 15 is 0 Å². The van der Waals surface area contributed by atoms with Gasteiger partial charge in [-0.3, -0.25) is 4.55 Å². The van der Waals surface area contributed by atoms with Crippen molar-refractivity contribution in [1.82, 2.24) is 10.4 Å². The molecule has 1 heterocycles. The fraction of sp³-hybridized carbons (Fsp3) is 0.455. The van der Waals surface area contributed by atoms with Gasteiger partial charge in [0, 0.05) is 14.1 Å². The van der Waals surface area contributed by atoms with Crippen molar-refractivity contribution >= 4 is 10.1 Å². The number of rotatable bonds is 10. The van der Waals surface area contributed by atoms with Crippen LogP contribution in [0.15, 0.2) is 60.7 Å². The lowest BCUT2D eigenvalue weighted by molar-refractivity contribution is -0.275. The van der Waals surface area contributed by atoms with Gasteiger partial charge in [-0.1, -0.05) is 60.7 Å². The molecular formula is C22H30N2O8S. The Bertz CT molecular complexity index is 961. The minimum absolute atomic E-state index is 0.0350. The number of hydrazine groups is 1. The molecule has 1 aliphatic rings. The topological polar surface area (TPSA) is 138 Å². The van der Waals surface area contributed by atoms with E-state index in [2.05, 4.69) is 5.43 Å². The van der Waals surface area contributed by atoms with Crippen LogP contribution in [0.25, 0.3) is 0 Å². The van der Waals surface area contributed by atoms with Crippen molar-refractivity contribution in [2.45, 2.75) is 49.3 Å². The van der Waals surface area contributed by atoms with Crippen LogP contribution in [-0.4, -0.2) is 78.4 Å². The summed E-state index contributed by atoms with van der Waals surface area (Å²) in [5.41, 5.74) is 2.11. The number of nitrogens with one attached hydrogen (secondary N) is 1. The van der Waals surface area contributed by atoms with Gasteiger partial charge < -0.3 is 24.4 Å². The molecule has 33 heavy (non-hydrogen) atoms. The van der Waals surface area contributed by atoms with Gasteiger partial charge in [-0.05, 0) is 11.1 Å². The molecule has 2 aromatic rings. The number of aliphatic hydroxyl groups excluding tert-OH is 2. The molecule has 0 aromatic heterocycles. The monoisotopic (exact) mass is 482 g/mol. The fourth-order valence-electron chi connectivity index (χ4n) is 3.56. The van der Waals surface area contributed by atoms with Gasteiger partial charge in [0.1, 0.15) is 30.6 Å². The van der Waals surface area contributed by atoms with E-state index in [9.17, 15) is 23.2 Å². The maximum atomic E-state index is 11.8. The van der Waals surface area contributed by atoms with Crippen LogP contribution in [-0.2, 0) is 37.5 Å². The largest absolute Gasteiger partial charge is 0.386 e. The maximum absolute atomic E-state index is 11.8. The summed E-state index contributed by atoms with van der Waals surface area (Å²) in [6.07, 6.45) is -6.30. The van der Waals surface area contributed by atoms with Crippen molar-refractivity contribution in [3.63, 3.8) is 0 Å². The Morgan fingerprint density at radius 2 is 1.45 bits per heavy atom. The maximum Gasteiger partial charge on any atom is 0.294 e. The van der Waals surface area contributed by atoms with Gasteiger partial charge in [0.05, 0.1) is 13.2 Å². The summed E-state index contributed by atoms with van der Waals surface area (Å²) < 4.78 is 50.7. The Morgan fingerprint density at radius 1 is 0.970 bits per heavy atom. The van der Waals surface area contributed by atoms with E-state index in [-0.39, 0.29) is 13.2 Å². The predicted molar refractivity (Wildman–Crippen MR) is 119 cm³/mol. The van der Waals surface area contributed by atoms with Crippen LogP contribution in [0.4, 0.5) is 0 Å². The van der Waals surface area contributed by atoms with E-state index in [1.807, 2.05) is 60.7 Å². The van der Waals surface area contributed by atoms with E-state index in [0.29, 0.717) is 0 Å². The van der Waals surface area contributed by atoms with Gasteiger partial charge in [-0.25, -0.2) is 10.4 Å². The first-order chi connectivity index (χ1) is 15.7. The Kier molecular flexibility index (Phi) is 8.93. The summed E-state index contributed by atoms with van der Waals surface area (Å²) in [6, 6.07) is 18.3. The second-order valence-corrected chi connectivity index (χ2v) is 9.48. The molecule has 4 N–H and O–H groups in total. The van der Waals surface area contributed by atoms with Gasteiger partial charge in [0.25, 0.3) is 10.1 Å². The lowest BCUT2D eigenvalue weighted by atomic mass is 9.97. The van der Waals surface area contributed by atoms with Gasteiger partial charge in [0.2, 0.25) is 5.44 Å². The molecule has 0 radical (unpaired) electrons. The van der Waals surface area contributed by atoms with Crippen molar-refractivity contribution in [3.05, 3.63) is 71.8 Å². The molecule has 6 atom stereocenters. The smallest absolute Gasteiger partial charge is 0.294 e. The molecule has 2 aromatic carbocycles. The van der Waals surface area contributed by atoms with Crippen LogP contribution < -0.4 is 5.43 Å². The number of ether oxygens (including phenoxy) is 3. The molecule has 3 rings (SSSR count). The number of hydrogen-bond acceptors (Lipinski definition) is 9. The average molecular weight is 483 g/mol. The molecule has 0 saturated carbocycles. The van der Waals surface area contributed by atoms with Crippen molar-refractivity contribution in [2.75, 3.05) is 14.1 Å². The van der Waals surface area contributed by atoms with Gasteiger partial charge in [-0.2, -0.15) is 8.42 Å². The number of hydrogen-bond donors (Lipinski definition) is 4. The highest BCUT2D eigenvalue weighted by Gasteiger charge is 2.52. The second-order valence-electron chi connectivity index (χ2n) is 7.96. The van der Waals surface area contributed by atoms with E-state index in [1.54, 1.807) is 14.1 Å². The molecule has 0 aliphatic carbocycles. The van der Waals surface area contributed by atoms with Gasteiger partial charge in [0.15, 0.2) is 0 Å². The standard InChI is InChI=1S/C22H30N2O8S/c1-24(2)23-21-17(25)18(30-13-15-9-5-3-6-10-15)19(20(32-21)22(26)33(27,28)29)31-14-16-11-7-4-8-12-16/h3-12,17-23,25-26H,13-14H2,1-2H3,(H,27,28,29)/t17-,18+,19+,20-,21-,22+/m1/s1. The summed E-state index contributed by atoms with van der Waals surface area (Å²) in [4.78, 5) is 0. The SMILES string of the molecule is CN(C)N[C@@H]1O[C@@H]([C@@H](O)S(=O)(=O)O)[C@@H](OCc2ccccc2)[C@@H](OCc2ccccc2)[C@H]1O. The van der Waals surface area contributed by atoms with Crippen LogP contribution in [0.5, 0.6) is 0 Å². The van der Waals surface area contributed by atoms with Crippen molar-refractivity contribution in [2.24, 2.45) is 0 Å². The van der Waals surface area contributed by atoms with Crippen molar-refractivity contribution in [1.29, 1.82) is 0 Å². The van der Waals surface area contributed by atoms with Gasteiger partial charge >= 0.3 is 0 Å². The highest BCUT2D eigenvalue weighted by molar-refractivity contribution is 7.86. The Hall–Kier alpha value is -1.93. The molecule has 0 unspecified atom stereocenters. The van der Waals surface area contributed by atoms with Crippen molar-refractivity contribution < 1.29 is 37.4 Å². The highest BCUT2D eigenvalue weighted by atomic mass is 32.2. The third kappa shape index (κ3) is 7.03. The molecule has 182 valence electrons. The third-order valence-corrected chi connectivity index (χ3v) is 6.02. The van der Waals surface area contributed by atoms with E-state index < -0.39 is 46.2 Å². The minimum atomic E-state index is -4.91. The minimum Gasteiger partial charge on any atom is -0.386 e. The molecule has 0 amide bonds. The number of aliphatic hydroxyl groups is 2. The van der Waals surface area contributed by atoms with Crippen LogP contribution >= 0.6 is 0 Å². The van der Waals surface area contributed by atoms with Crippen LogP contribution in [0, 0.1) is 0 Å². The Balaban J connectivity index is 1.91. The Morgan fingerprint density at radius 3 is 1.91 bits per heavy atom. The summed E-state index contributed by atoms with van der Waals surface area (Å²) in [5, 5.41) is 22.9. The Labute approximate surface area is 193 Å². The summed E-state index contributed by atoms with van der Waals surface area (Å²) in [6.45, 7) is 0.129. The zero-order chi connectivity index (χ0) is 24.0. The molecule has 0 spiro atoms. The van der Waals surface area contributed by atoms with Crippen LogP contribution in [0.3, 0.4) is 0 Å². The zero-order valence-corrected chi connectivity index (χ0v) is 19.2. The number of benzene rings is 2. The third-order valence-electron chi connectivity index (χ3n) is 5.14. The molecule has 0 bridgehead atoms. The molecule has 10 nitrogen and oxygen atoms in total. The summed E-state index contributed by atoms with van der Waals surface area (Å²) in [5.74, 6) is 0. The first kappa shape index (κ1) is 25.7. The normalized spacial score (nSPS) is 26.9. The first-order valence-electron chi connectivity index (χ1n) is 10.4. The van der Waals surface area contributed by atoms with E-state index in [4.69, 9.17) is 14.2 Å². The number of nitrogens with zero attached hydrogens (tertiary/aromatic N) is 1. The predicted octanol–water partition coefficient (Wildman–Crippen LogP) is 0.515. The van der Waals surface area contributed by atoms with Crippen molar-refractivity contribution in [3.8, 4) is 0 Å². The zero-order valence-electron chi connectivity index (χ0n) is 18.4. The second kappa shape index (κ2) is 11.5. The summed E-state index contributed by atoms with van der Waals surface area (Å²) in [7, 11) is -1.60. The summed E-state index contributed by atoms with van der Waals surface area (Å²) >= 11 is 0. The average Bonchev–Trinajstić information content (AvgIpc) is 2.78. The molecule has 1 saturated heterocycles. The molecular weight excluding hydrogens is 452 g/mol. The van der Waals surface area contributed by atoms with E-state index in [1.165, 1.54) is 5.01 Å². The fourth-order valence-corrected chi connectivity index (χ4v) is 4.12. The van der Waals surface area contributed by atoms with E-state index in [0.717, 1.165) is 11.1 Å². The van der Waals surface area contributed by atoms with Crippen LogP contribution in [0.2, 0.25) is 0 Å². The molecule has 11 heteroatoms. The quantitative estimate of drug-likeness (QED) is 0.280. The van der Waals surface area contributed by atoms with Crippen LogP contribution in [0.1, 0.15) is 11.1 Å². The first-order valence-corrected chi connectivity index (χ1v) is 11.9. The molecule has 1 fully saturated rings. The highest BCUT2D eigenvalue weighted by Crippen LogP contribution is 2.30. The van der Waals surface area contributed by atoms with Gasteiger partial charge in [-0.15, -0.1) is 0 Å².